The zero-order chi connectivity index (χ0) is 28.3. The van der Waals surface area contributed by atoms with E-state index in [-0.39, 0.29) is 6.54 Å². The number of aryl methyl sites for hydroxylation is 2. The van der Waals surface area contributed by atoms with E-state index in [2.05, 4.69) is 10.5 Å². The predicted molar refractivity (Wildman–Crippen MR) is 159 cm³/mol. The molecule has 7 nitrogen and oxygen atoms in total. The van der Waals surface area contributed by atoms with E-state index >= 15 is 0 Å². The molecule has 1 N–H and O–H groups in total. The summed E-state index contributed by atoms with van der Waals surface area (Å²) in [6.07, 6.45) is 2.73. The van der Waals surface area contributed by atoms with Gasteiger partial charge in [-0.2, -0.15) is 5.10 Å². The monoisotopic (exact) mass is 582 g/mol. The summed E-state index contributed by atoms with van der Waals surface area (Å²) in [5.74, 6) is -0.422. The maximum atomic E-state index is 12.7. The van der Waals surface area contributed by atoms with Crippen LogP contribution in [0.4, 0.5) is 5.69 Å². The average Bonchev–Trinajstić information content (AvgIpc) is 3.17. The van der Waals surface area contributed by atoms with Crippen LogP contribution < -0.4 is 9.73 Å². The zero-order valence-corrected chi connectivity index (χ0v) is 24.3. The van der Waals surface area contributed by atoms with Gasteiger partial charge in [-0.1, -0.05) is 53.5 Å². The number of carbonyl (C=O) groups excluding carboxylic acids is 1. The minimum Gasteiger partial charge on any atom is -0.316 e. The highest BCUT2D eigenvalue weighted by molar-refractivity contribution is 7.92. The van der Waals surface area contributed by atoms with Crippen LogP contribution in [0.3, 0.4) is 0 Å². The second-order valence-corrected chi connectivity index (χ2v) is 11.9. The summed E-state index contributed by atoms with van der Waals surface area (Å²) in [4.78, 5) is 12.7. The number of hydrogen-bond donors (Lipinski definition) is 1. The molecule has 3 aromatic carbocycles. The van der Waals surface area contributed by atoms with E-state index in [1.54, 1.807) is 36.5 Å². The van der Waals surface area contributed by atoms with Crippen molar-refractivity contribution in [3.05, 3.63) is 116 Å². The minimum absolute atomic E-state index is 0.195. The van der Waals surface area contributed by atoms with Gasteiger partial charge in [0.05, 0.1) is 40.4 Å². The van der Waals surface area contributed by atoms with Crippen molar-refractivity contribution in [2.24, 2.45) is 5.10 Å². The number of hydrogen-bond acceptors (Lipinski definition) is 4. The van der Waals surface area contributed by atoms with Crippen molar-refractivity contribution >= 4 is 51.0 Å². The number of rotatable bonds is 8. The van der Waals surface area contributed by atoms with Crippen LogP contribution in [0.25, 0.3) is 5.69 Å². The van der Waals surface area contributed by atoms with Gasteiger partial charge in [0.1, 0.15) is 0 Å². The smallest absolute Gasteiger partial charge is 0.271 e. The molecule has 0 fully saturated rings. The molecule has 1 aromatic heterocycles. The van der Waals surface area contributed by atoms with Crippen molar-refractivity contribution in [2.75, 3.05) is 10.6 Å². The molecule has 0 aliphatic carbocycles. The van der Waals surface area contributed by atoms with Gasteiger partial charge < -0.3 is 4.57 Å². The summed E-state index contributed by atoms with van der Waals surface area (Å²) < 4.78 is 28.4. The Kier molecular flexibility index (Phi) is 8.49. The molecule has 1 amide bonds. The van der Waals surface area contributed by atoms with E-state index in [0.717, 1.165) is 40.0 Å². The third-order valence-corrected chi connectivity index (χ3v) is 8.35. The van der Waals surface area contributed by atoms with Crippen LogP contribution in [0.2, 0.25) is 10.0 Å². The highest BCUT2D eigenvalue weighted by Crippen LogP contribution is 2.31. The van der Waals surface area contributed by atoms with E-state index < -0.39 is 15.9 Å². The van der Waals surface area contributed by atoms with Crippen molar-refractivity contribution in [3.63, 3.8) is 0 Å². The number of hydrazone groups is 1. The largest absolute Gasteiger partial charge is 0.316 e. The van der Waals surface area contributed by atoms with Gasteiger partial charge in [0, 0.05) is 22.5 Å². The van der Waals surface area contributed by atoms with E-state index in [1.807, 2.05) is 67.8 Å². The molecule has 0 aliphatic heterocycles. The Labute approximate surface area is 238 Å². The third kappa shape index (κ3) is 6.36. The third-order valence-electron chi connectivity index (χ3n) is 6.41. The van der Waals surface area contributed by atoms with Gasteiger partial charge >= 0.3 is 0 Å². The zero-order valence-electron chi connectivity index (χ0n) is 21.9. The van der Waals surface area contributed by atoms with Crippen molar-refractivity contribution in [1.82, 2.24) is 9.99 Å². The molecule has 0 saturated heterocycles. The quantitative estimate of drug-likeness (QED) is 0.192. The van der Waals surface area contributed by atoms with Crippen LogP contribution in [-0.4, -0.2) is 31.4 Å². The van der Waals surface area contributed by atoms with Crippen molar-refractivity contribution in [2.45, 2.75) is 27.3 Å². The van der Waals surface area contributed by atoms with Gasteiger partial charge in [0.15, 0.2) is 0 Å². The molecule has 10 heteroatoms. The second-order valence-electron chi connectivity index (χ2n) is 9.18. The van der Waals surface area contributed by atoms with Gasteiger partial charge in [-0.15, -0.1) is 0 Å². The molecule has 0 unspecified atom stereocenters. The van der Waals surface area contributed by atoms with Gasteiger partial charge in [-0.25, -0.2) is 13.8 Å². The molecule has 4 rings (SSSR count). The number of nitrogens with zero attached hydrogens (tertiary/aromatic N) is 3. The van der Waals surface area contributed by atoms with Gasteiger partial charge in [-0.05, 0) is 74.4 Å². The first-order valence-electron chi connectivity index (χ1n) is 12.1. The fourth-order valence-corrected chi connectivity index (χ4v) is 5.56. The maximum Gasteiger partial charge on any atom is 0.271 e. The lowest BCUT2D eigenvalue weighted by molar-refractivity contribution is 0.0955. The normalized spacial score (nSPS) is 11.6. The molecule has 0 saturated carbocycles. The number of carbonyl (C=O) groups is 1. The van der Waals surface area contributed by atoms with Gasteiger partial charge in [-0.3, -0.25) is 9.10 Å². The van der Waals surface area contributed by atoms with Crippen LogP contribution in [0, 0.1) is 20.8 Å². The Morgan fingerprint density at radius 1 is 1.00 bits per heavy atom. The Morgan fingerprint density at radius 3 is 2.36 bits per heavy atom. The average molecular weight is 584 g/mol. The lowest BCUT2D eigenvalue weighted by Gasteiger charge is -2.23. The Morgan fingerprint density at radius 2 is 1.69 bits per heavy atom. The predicted octanol–water partition coefficient (Wildman–Crippen LogP) is 6.44. The SMILES string of the molecule is Cc1ccccc1CN(c1ccc(C(=O)N/N=C\c2cc(C)n(-c3cccc(Cl)c3Cl)c2C)cc1)S(C)(=O)=O. The fourth-order valence-electron chi connectivity index (χ4n) is 4.30. The van der Waals surface area contributed by atoms with E-state index in [0.29, 0.717) is 21.3 Å². The van der Waals surface area contributed by atoms with Crippen molar-refractivity contribution in [1.29, 1.82) is 0 Å². The molecule has 0 atom stereocenters. The van der Waals surface area contributed by atoms with E-state index in [4.69, 9.17) is 23.2 Å². The number of amides is 1. The number of anilines is 1. The molecular weight excluding hydrogens is 555 g/mol. The molecule has 4 aromatic rings. The second kappa shape index (κ2) is 11.7. The first-order valence-corrected chi connectivity index (χ1v) is 14.7. The molecule has 39 heavy (non-hydrogen) atoms. The Balaban J connectivity index is 1.49. The topological polar surface area (TPSA) is 83.8 Å². The summed E-state index contributed by atoms with van der Waals surface area (Å²) in [6, 6.07) is 21.4. The van der Waals surface area contributed by atoms with Crippen LogP contribution in [-0.2, 0) is 16.6 Å². The molecule has 202 valence electrons. The first kappa shape index (κ1) is 28.4. The maximum absolute atomic E-state index is 12.7. The van der Waals surface area contributed by atoms with Crippen LogP contribution in [0.1, 0.15) is 38.4 Å². The van der Waals surface area contributed by atoms with Gasteiger partial charge in [0.25, 0.3) is 5.91 Å². The lowest BCUT2D eigenvalue weighted by atomic mass is 10.1. The summed E-state index contributed by atoms with van der Waals surface area (Å²) in [5.41, 5.74) is 8.61. The fraction of sp³-hybridized carbons (Fsp3) is 0.172. The van der Waals surface area contributed by atoms with Crippen LogP contribution in [0.15, 0.2) is 77.9 Å². The number of aromatic nitrogens is 1. The van der Waals surface area contributed by atoms with Gasteiger partial charge in [0.2, 0.25) is 10.0 Å². The molecule has 0 radical (unpaired) electrons. The Bertz CT molecular complexity index is 1660. The molecule has 1 heterocycles. The van der Waals surface area contributed by atoms with E-state index in [1.165, 1.54) is 4.31 Å². The van der Waals surface area contributed by atoms with Crippen LogP contribution in [0.5, 0.6) is 0 Å². The van der Waals surface area contributed by atoms with E-state index in [9.17, 15) is 13.2 Å². The summed E-state index contributed by atoms with van der Waals surface area (Å²) in [6.45, 7) is 6.01. The number of sulfonamides is 1. The minimum atomic E-state index is -3.55. The highest BCUT2D eigenvalue weighted by Gasteiger charge is 2.19. The number of benzene rings is 3. The standard InChI is InChI=1S/C29H28Cl2N4O3S/c1-19-8-5-6-9-23(19)18-34(39(4,37)38)25-14-12-22(13-15-25)29(36)33-32-17-24-16-20(2)35(21(24)3)27-11-7-10-26(30)28(27)31/h5-17H,18H2,1-4H3,(H,33,36)/b32-17-. The highest BCUT2D eigenvalue weighted by atomic mass is 35.5. The first-order chi connectivity index (χ1) is 18.5. The summed E-state index contributed by atoms with van der Waals surface area (Å²) in [7, 11) is -3.55. The lowest BCUT2D eigenvalue weighted by Crippen LogP contribution is -2.29. The van der Waals surface area contributed by atoms with Crippen molar-refractivity contribution < 1.29 is 13.2 Å². The number of nitrogens with one attached hydrogen (secondary N) is 1. The summed E-state index contributed by atoms with van der Waals surface area (Å²) >= 11 is 12.6. The molecular formula is C29H28Cl2N4O3S. The molecule has 0 bridgehead atoms. The Hall–Kier alpha value is -3.59. The molecule has 0 aliphatic rings. The summed E-state index contributed by atoms with van der Waals surface area (Å²) in [5, 5.41) is 5.04. The molecule has 0 spiro atoms. The number of halogens is 2. The van der Waals surface area contributed by atoms with Crippen molar-refractivity contribution in [3.8, 4) is 5.69 Å². The van der Waals surface area contributed by atoms with Crippen LogP contribution >= 0.6 is 23.2 Å².